The fourth-order valence-corrected chi connectivity index (χ4v) is 6.24. The summed E-state index contributed by atoms with van der Waals surface area (Å²) < 4.78 is 49.4. The lowest BCUT2D eigenvalue weighted by Crippen LogP contribution is -2.60. The highest BCUT2D eigenvalue weighted by atomic mass is 16.7. The molecule has 0 aromatic rings. The molecule has 14 unspecified atom stereocenters. The van der Waals surface area contributed by atoms with Gasteiger partial charge in [0, 0.05) is 61.4 Å². The van der Waals surface area contributed by atoms with Crippen LogP contribution in [0.15, 0.2) is 0 Å². The molecule has 2 rings (SSSR count). The summed E-state index contributed by atoms with van der Waals surface area (Å²) in [4.78, 5) is 14.0. The molecule has 2 aliphatic rings. The average Bonchev–Trinajstić information content (AvgIpc) is 2.98. The minimum atomic E-state index is -0.663. The molecule has 0 aromatic carbocycles. The molecule has 0 aromatic heterocycles. The Morgan fingerprint density at radius 3 is 1.93 bits per heavy atom. The summed E-state index contributed by atoms with van der Waals surface area (Å²) >= 11 is 0. The normalized spacial score (nSPS) is 36.3. The van der Waals surface area contributed by atoms with Gasteiger partial charge in [0.1, 0.15) is 12.2 Å². The Kier molecular flexibility index (Phi) is 17.5. The molecule has 2 heterocycles. The molecule has 0 bridgehead atoms. The molecule has 2 saturated heterocycles. The van der Waals surface area contributed by atoms with E-state index < -0.39 is 24.8 Å². The first-order valence-electron chi connectivity index (χ1n) is 15.2. The highest BCUT2D eigenvalue weighted by Crippen LogP contribution is 2.38. The zero-order valence-corrected chi connectivity index (χ0v) is 28.6. The van der Waals surface area contributed by atoms with Gasteiger partial charge in [-0.05, 0) is 32.1 Å². The van der Waals surface area contributed by atoms with Crippen molar-refractivity contribution in [3.63, 3.8) is 0 Å². The first-order valence-corrected chi connectivity index (χ1v) is 15.2. The van der Waals surface area contributed by atoms with Crippen LogP contribution in [0.25, 0.3) is 0 Å². The fraction of sp³-hybridized carbons (Fsp3) is 0.968. The second kappa shape index (κ2) is 18.8. The van der Waals surface area contributed by atoms with E-state index in [9.17, 15) is 4.79 Å². The molecule has 0 aliphatic carbocycles. The Bertz CT molecular complexity index is 759. The molecule has 0 saturated carbocycles. The standard InChI is InChI=1S/C30H57NO9.CH4O/c1-14-24-26(40-29-27(35-12)17(3)16(2)20(6)37-29)19(5)28(36-13)30(38-24)39-25(21(7)34-11)18(4)23(15-33-10)31(9)22(8)32;1-2/h16-21,23-30H,14-15H2,1-13H3;2H,1H3. The van der Waals surface area contributed by atoms with Gasteiger partial charge < -0.3 is 47.9 Å². The third kappa shape index (κ3) is 9.31. The van der Waals surface area contributed by atoms with Crippen LogP contribution in [0, 0.1) is 23.7 Å². The number of rotatable bonds is 14. The summed E-state index contributed by atoms with van der Waals surface area (Å²) in [5, 5.41) is 7.00. The first-order chi connectivity index (χ1) is 19.9. The van der Waals surface area contributed by atoms with E-state index >= 15 is 0 Å². The lowest BCUT2D eigenvalue weighted by molar-refractivity contribution is -0.351. The van der Waals surface area contributed by atoms with Crippen LogP contribution in [0.2, 0.25) is 0 Å². The van der Waals surface area contributed by atoms with E-state index in [1.165, 1.54) is 0 Å². The maximum absolute atomic E-state index is 12.3. The number of hydrogen-bond donors (Lipinski definition) is 1. The molecular weight excluding hydrogens is 546 g/mol. The number of hydrogen-bond acceptors (Lipinski definition) is 10. The largest absolute Gasteiger partial charge is 0.400 e. The Balaban J connectivity index is 0.00000431. The van der Waals surface area contributed by atoms with E-state index in [2.05, 4.69) is 41.5 Å². The van der Waals surface area contributed by atoms with Gasteiger partial charge in [-0.3, -0.25) is 4.79 Å². The van der Waals surface area contributed by atoms with Crippen LogP contribution >= 0.6 is 0 Å². The molecule has 11 heteroatoms. The number of aliphatic hydroxyl groups excluding tert-OH is 1. The van der Waals surface area contributed by atoms with E-state index in [0.717, 1.165) is 13.5 Å². The van der Waals surface area contributed by atoms with Crippen LogP contribution in [-0.2, 0) is 42.7 Å². The van der Waals surface area contributed by atoms with Gasteiger partial charge in [0.25, 0.3) is 0 Å². The zero-order chi connectivity index (χ0) is 32.3. The van der Waals surface area contributed by atoms with Crippen molar-refractivity contribution in [3.05, 3.63) is 0 Å². The van der Waals surface area contributed by atoms with Crippen molar-refractivity contribution in [2.75, 3.05) is 49.2 Å². The predicted octanol–water partition coefficient (Wildman–Crippen LogP) is 3.35. The molecule has 2 aliphatic heterocycles. The van der Waals surface area contributed by atoms with E-state index in [1.54, 1.807) is 47.3 Å². The predicted molar refractivity (Wildman–Crippen MR) is 160 cm³/mol. The Morgan fingerprint density at radius 2 is 1.45 bits per heavy atom. The van der Waals surface area contributed by atoms with Gasteiger partial charge in [-0.15, -0.1) is 0 Å². The number of methoxy groups -OCH3 is 4. The van der Waals surface area contributed by atoms with Crippen LogP contribution in [0.1, 0.15) is 61.8 Å². The highest BCUT2D eigenvalue weighted by molar-refractivity contribution is 5.73. The van der Waals surface area contributed by atoms with Gasteiger partial charge in [-0.25, -0.2) is 0 Å². The zero-order valence-electron chi connectivity index (χ0n) is 28.6. The molecule has 11 nitrogen and oxygen atoms in total. The number of carbonyl (C=O) groups is 1. The summed E-state index contributed by atoms with van der Waals surface area (Å²) in [6, 6.07) is -0.217. The lowest BCUT2D eigenvalue weighted by atomic mass is 9.83. The topological polar surface area (TPSA) is 114 Å². The summed E-state index contributed by atoms with van der Waals surface area (Å²) in [6.07, 6.45) is -2.21. The summed E-state index contributed by atoms with van der Waals surface area (Å²) in [7, 11) is 9.45. The van der Waals surface area contributed by atoms with Gasteiger partial charge in [0.2, 0.25) is 5.91 Å². The number of aliphatic hydroxyl groups is 1. The van der Waals surface area contributed by atoms with Crippen molar-refractivity contribution in [2.24, 2.45) is 23.7 Å². The Morgan fingerprint density at radius 1 is 0.881 bits per heavy atom. The second-order valence-electron chi connectivity index (χ2n) is 11.8. The van der Waals surface area contributed by atoms with Crippen molar-refractivity contribution >= 4 is 5.91 Å². The monoisotopic (exact) mass is 607 g/mol. The molecule has 1 N–H and O–H groups in total. The van der Waals surface area contributed by atoms with Crippen LogP contribution in [0.4, 0.5) is 0 Å². The lowest BCUT2D eigenvalue weighted by Gasteiger charge is -2.49. The van der Waals surface area contributed by atoms with E-state index in [4.69, 9.17) is 43.0 Å². The molecule has 2 fully saturated rings. The minimum Gasteiger partial charge on any atom is -0.400 e. The highest BCUT2D eigenvalue weighted by Gasteiger charge is 2.50. The molecule has 250 valence electrons. The maximum atomic E-state index is 12.3. The number of nitrogens with zero attached hydrogens (tertiary/aromatic N) is 1. The molecule has 42 heavy (non-hydrogen) atoms. The van der Waals surface area contributed by atoms with E-state index in [0.29, 0.717) is 12.5 Å². The van der Waals surface area contributed by atoms with Crippen molar-refractivity contribution in [2.45, 2.75) is 123 Å². The molecular formula is C31H61NO10. The van der Waals surface area contributed by atoms with Crippen molar-refractivity contribution in [1.82, 2.24) is 4.90 Å². The van der Waals surface area contributed by atoms with Gasteiger partial charge in [-0.2, -0.15) is 0 Å². The van der Waals surface area contributed by atoms with E-state index in [1.807, 2.05) is 6.92 Å². The van der Waals surface area contributed by atoms with Crippen LogP contribution in [-0.4, -0.2) is 126 Å². The van der Waals surface area contributed by atoms with Gasteiger partial charge >= 0.3 is 0 Å². The number of amides is 1. The van der Waals surface area contributed by atoms with Crippen LogP contribution in [0.3, 0.4) is 0 Å². The molecule has 14 atom stereocenters. The summed E-state index contributed by atoms with van der Waals surface area (Å²) in [6.45, 7) is 16.6. The number of carbonyl (C=O) groups excluding carboxylic acids is 1. The second-order valence-corrected chi connectivity index (χ2v) is 11.8. The molecule has 0 spiro atoms. The van der Waals surface area contributed by atoms with Gasteiger partial charge in [-0.1, -0.05) is 34.6 Å². The quantitative estimate of drug-likeness (QED) is 0.315. The van der Waals surface area contributed by atoms with Crippen LogP contribution < -0.4 is 0 Å². The van der Waals surface area contributed by atoms with Gasteiger partial charge in [0.15, 0.2) is 12.6 Å². The Hall–Kier alpha value is -0.890. The van der Waals surface area contributed by atoms with Crippen molar-refractivity contribution in [1.29, 1.82) is 0 Å². The average molecular weight is 608 g/mol. The SMILES string of the molecule is CCC1OC(OC(C(C)OC)C(C)C(COC)N(C)C(C)=O)C(OC)C(C)C1OC1OC(C)C(C)C(C)C1OC.CO. The van der Waals surface area contributed by atoms with Crippen molar-refractivity contribution < 1.29 is 47.8 Å². The Labute approximate surface area is 254 Å². The van der Waals surface area contributed by atoms with Gasteiger partial charge in [0.05, 0.1) is 43.2 Å². The summed E-state index contributed by atoms with van der Waals surface area (Å²) in [5.74, 6) is 0.389. The van der Waals surface area contributed by atoms with Crippen LogP contribution in [0.5, 0.6) is 0 Å². The molecule has 0 radical (unpaired) electrons. The van der Waals surface area contributed by atoms with E-state index in [-0.39, 0.29) is 60.2 Å². The maximum Gasteiger partial charge on any atom is 0.219 e. The van der Waals surface area contributed by atoms with Crippen molar-refractivity contribution in [3.8, 4) is 0 Å². The number of likely N-dealkylation sites (N-methyl/N-ethyl adjacent to an activating group) is 1. The fourth-order valence-electron chi connectivity index (χ4n) is 6.24. The third-order valence-corrected chi connectivity index (χ3v) is 9.51. The smallest absolute Gasteiger partial charge is 0.219 e. The third-order valence-electron chi connectivity index (χ3n) is 9.51. The summed E-state index contributed by atoms with van der Waals surface area (Å²) in [5.41, 5.74) is 0. The molecule has 1 amide bonds. The minimum absolute atomic E-state index is 0.0432. The number of ether oxygens (including phenoxy) is 8. The first kappa shape index (κ1) is 39.1.